The molecule has 0 saturated carbocycles. The zero-order valence-electron chi connectivity index (χ0n) is 15.7. The molecule has 142 valence electrons. The van der Waals surface area contributed by atoms with Gasteiger partial charge in [0.2, 0.25) is 5.95 Å². The number of aryl methyl sites for hydroxylation is 1. The van der Waals surface area contributed by atoms with Crippen LogP contribution in [0.25, 0.3) is 22.0 Å². The fourth-order valence-corrected chi connectivity index (χ4v) is 3.04. The summed E-state index contributed by atoms with van der Waals surface area (Å²) in [6.07, 6.45) is 7.14. The summed E-state index contributed by atoms with van der Waals surface area (Å²) >= 11 is 6.16. The molecule has 0 unspecified atom stereocenters. The SMILES string of the molecule is CC(C)Oc1cc(-c2cnn(C)c2)ccc1Nc1ncc2ccnc(Cl)c2n1. The lowest BCUT2D eigenvalue weighted by Crippen LogP contribution is -2.08. The summed E-state index contributed by atoms with van der Waals surface area (Å²) in [4.78, 5) is 12.9. The smallest absolute Gasteiger partial charge is 0.227 e. The van der Waals surface area contributed by atoms with Gasteiger partial charge in [-0.2, -0.15) is 5.10 Å². The summed E-state index contributed by atoms with van der Waals surface area (Å²) < 4.78 is 7.78. The van der Waals surface area contributed by atoms with Crippen molar-refractivity contribution < 1.29 is 4.74 Å². The fourth-order valence-electron chi connectivity index (χ4n) is 2.83. The molecule has 4 aromatic rings. The molecule has 0 spiro atoms. The summed E-state index contributed by atoms with van der Waals surface area (Å²) in [6.45, 7) is 3.97. The Balaban J connectivity index is 1.71. The third-order valence-corrected chi connectivity index (χ3v) is 4.36. The quantitative estimate of drug-likeness (QED) is 0.498. The maximum atomic E-state index is 6.16. The largest absolute Gasteiger partial charge is 0.489 e. The first-order valence-electron chi connectivity index (χ1n) is 8.83. The molecule has 7 nitrogen and oxygen atoms in total. The number of aromatic nitrogens is 5. The summed E-state index contributed by atoms with van der Waals surface area (Å²) in [5, 5.41) is 8.63. The molecule has 0 radical (unpaired) electrons. The Labute approximate surface area is 167 Å². The number of hydrogen-bond donors (Lipinski definition) is 1. The van der Waals surface area contributed by atoms with Gasteiger partial charge >= 0.3 is 0 Å². The van der Waals surface area contributed by atoms with Gasteiger partial charge in [0, 0.05) is 36.6 Å². The van der Waals surface area contributed by atoms with Crippen LogP contribution in [0.15, 0.2) is 49.1 Å². The lowest BCUT2D eigenvalue weighted by molar-refractivity contribution is 0.244. The standard InChI is InChI=1S/C20H19ClN6O/c1-12(2)28-17-8-13(15-10-24-27(3)11-15)4-5-16(17)25-20-23-9-14-6-7-22-19(21)18(14)26-20/h4-12H,1-3H3,(H,23,25,26). The van der Waals surface area contributed by atoms with E-state index in [1.165, 1.54) is 0 Å². The minimum Gasteiger partial charge on any atom is -0.489 e. The van der Waals surface area contributed by atoms with E-state index in [4.69, 9.17) is 16.3 Å². The Morgan fingerprint density at radius 3 is 2.71 bits per heavy atom. The molecule has 0 aliphatic rings. The van der Waals surface area contributed by atoms with Gasteiger partial charge in [-0.1, -0.05) is 17.7 Å². The van der Waals surface area contributed by atoms with Crippen molar-refractivity contribution in [3.63, 3.8) is 0 Å². The predicted octanol–water partition coefficient (Wildman–Crippen LogP) is 4.61. The molecule has 1 aromatic carbocycles. The van der Waals surface area contributed by atoms with Gasteiger partial charge in [-0.25, -0.2) is 15.0 Å². The highest BCUT2D eigenvalue weighted by Gasteiger charge is 2.12. The topological polar surface area (TPSA) is 77.8 Å². The molecule has 0 saturated heterocycles. The molecule has 0 aliphatic heterocycles. The van der Waals surface area contributed by atoms with Crippen LogP contribution in [0.3, 0.4) is 0 Å². The van der Waals surface area contributed by atoms with E-state index in [0.717, 1.165) is 22.2 Å². The van der Waals surface area contributed by atoms with Crippen molar-refractivity contribution in [1.82, 2.24) is 24.7 Å². The minimum atomic E-state index is 0.0147. The number of benzene rings is 1. The van der Waals surface area contributed by atoms with Crippen molar-refractivity contribution in [1.29, 1.82) is 0 Å². The van der Waals surface area contributed by atoms with Crippen LogP contribution < -0.4 is 10.1 Å². The van der Waals surface area contributed by atoms with Crippen LogP contribution in [-0.4, -0.2) is 30.8 Å². The molecule has 8 heteroatoms. The van der Waals surface area contributed by atoms with Gasteiger partial charge in [0.05, 0.1) is 18.0 Å². The zero-order valence-corrected chi connectivity index (χ0v) is 16.5. The highest BCUT2D eigenvalue weighted by Crippen LogP contribution is 2.33. The molecule has 3 heterocycles. The molecule has 0 bridgehead atoms. The Morgan fingerprint density at radius 2 is 1.96 bits per heavy atom. The third-order valence-electron chi connectivity index (χ3n) is 4.08. The van der Waals surface area contributed by atoms with E-state index in [9.17, 15) is 0 Å². The number of pyridine rings is 1. The van der Waals surface area contributed by atoms with Crippen molar-refractivity contribution in [2.75, 3.05) is 5.32 Å². The lowest BCUT2D eigenvalue weighted by atomic mass is 10.1. The number of halogens is 1. The van der Waals surface area contributed by atoms with Crippen molar-refractivity contribution in [3.8, 4) is 16.9 Å². The second-order valence-corrected chi connectivity index (χ2v) is 7.00. The van der Waals surface area contributed by atoms with E-state index in [-0.39, 0.29) is 6.10 Å². The van der Waals surface area contributed by atoms with E-state index in [0.29, 0.717) is 22.4 Å². The Bertz CT molecular complexity index is 1140. The summed E-state index contributed by atoms with van der Waals surface area (Å²) in [5.41, 5.74) is 3.39. The van der Waals surface area contributed by atoms with E-state index in [1.807, 2.05) is 57.6 Å². The van der Waals surface area contributed by atoms with Crippen LogP contribution >= 0.6 is 11.6 Å². The number of nitrogens with zero attached hydrogens (tertiary/aromatic N) is 5. The number of anilines is 2. The normalized spacial score (nSPS) is 11.2. The maximum absolute atomic E-state index is 6.16. The molecule has 1 N–H and O–H groups in total. The Morgan fingerprint density at radius 1 is 1.11 bits per heavy atom. The van der Waals surface area contributed by atoms with Crippen LogP contribution in [0.4, 0.5) is 11.6 Å². The van der Waals surface area contributed by atoms with Crippen molar-refractivity contribution in [2.45, 2.75) is 20.0 Å². The van der Waals surface area contributed by atoms with Crippen LogP contribution in [0, 0.1) is 0 Å². The van der Waals surface area contributed by atoms with Crippen LogP contribution in [-0.2, 0) is 7.05 Å². The summed E-state index contributed by atoms with van der Waals surface area (Å²) in [6, 6.07) is 7.75. The molecule has 0 aliphatic carbocycles. The Hall–Kier alpha value is -3.19. The molecular weight excluding hydrogens is 376 g/mol. The Kier molecular flexibility index (Phi) is 4.83. The molecule has 0 amide bonds. The first-order valence-corrected chi connectivity index (χ1v) is 9.21. The van der Waals surface area contributed by atoms with Crippen molar-refractivity contribution >= 4 is 34.1 Å². The molecular formula is C20H19ClN6O. The monoisotopic (exact) mass is 394 g/mol. The molecule has 3 aromatic heterocycles. The predicted molar refractivity (Wildman–Crippen MR) is 110 cm³/mol. The van der Waals surface area contributed by atoms with Gasteiger partial charge in [-0.05, 0) is 37.6 Å². The van der Waals surface area contributed by atoms with Gasteiger partial charge < -0.3 is 10.1 Å². The van der Waals surface area contributed by atoms with Gasteiger partial charge in [-0.3, -0.25) is 4.68 Å². The first kappa shape index (κ1) is 18.2. The second-order valence-electron chi connectivity index (χ2n) is 6.64. The van der Waals surface area contributed by atoms with Crippen LogP contribution in [0.2, 0.25) is 5.15 Å². The van der Waals surface area contributed by atoms with E-state index in [1.54, 1.807) is 17.1 Å². The number of rotatable bonds is 5. The molecule has 4 rings (SSSR count). The highest BCUT2D eigenvalue weighted by atomic mass is 35.5. The van der Waals surface area contributed by atoms with E-state index in [2.05, 4.69) is 25.4 Å². The second kappa shape index (κ2) is 7.44. The van der Waals surface area contributed by atoms with Gasteiger partial charge in [-0.15, -0.1) is 0 Å². The van der Waals surface area contributed by atoms with Crippen LogP contribution in [0.5, 0.6) is 5.75 Å². The number of nitrogens with one attached hydrogen (secondary N) is 1. The minimum absolute atomic E-state index is 0.0147. The van der Waals surface area contributed by atoms with E-state index >= 15 is 0 Å². The first-order chi connectivity index (χ1) is 13.5. The molecule has 0 atom stereocenters. The van der Waals surface area contributed by atoms with Gasteiger partial charge in [0.15, 0.2) is 5.15 Å². The fraction of sp³-hybridized carbons (Fsp3) is 0.200. The van der Waals surface area contributed by atoms with Gasteiger partial charge in [0.25, 0.3) is 0 Å². The van der Waals surface area contributed by atoms with Crippen LogP contribution in [0.1, 0.15) is 13.8 Å². The number of hydrogen-bond acceptors (Lipinski definition) is 6. The zero-order chi connectivity index (χ0) is 19.7. The molecule has 0 fully saturated rings. The lowest BCUT2D eigenvalue weighted by Gasteiger charge is -2.16. The number of fused-ring (bicyclic) bond motifs is 1. The number of ether oxygens (including phenoxy) is 1. The molecule has 28 heavy (non-hydrogen) atoms. The van der Waals surface area contributed by atoms with Crippen molar-refractivity contribution in [3.05, 3.63) is 54.2 Å². The van der Waals surface area contributed by atoms with Crippen molar-refractivity contribution in [2.24, 2.45) is 7.05 Å². The summed E-state index contributed by atoms with van der Waals surface area (Å²) in [7, 11) is 1.89. The van der Waals surface area contributed by atoms with E-state index < -0.39 is 0 Å². The maximum Gasteiger partial charge on any atom is 0.227 e. The van der Waals surface area contributed by atoms with Gasteiger partial charge in [0.1, 0.15) is 11.3 Å². The summed E-state index contributed by atoms with van der Waals surface area (Å²) in [5.74, 6) is 1.13. The highest BCUT2D eigenvalue weighted by molar-refractivity contribution is 6.33. The average molecular weight is 395 g/mol. The third kappa shape index (κ3) is 3.75. The average Bonchev–Trinajstić information content (AvgIpc) is 3.10.